The molecular formula is C15H11F3N4O2. The van der Waals surface area contributed by atoms with Crippen LogP contribution in [0.15, 0.2) is 36.8 Å². The summed E-state index contributed by atoms with van der Waals surface area (Å²) in [6.07, 6.45) is -1.16. The Morgan fingerprint density at radius 3 is 2.71 bits per heavy atom. The number of para-hydroxylation sites is 1. The van der Waals surface area contributed by atoms with E-state index in [0.29, 0.717) is 10.2 Å². The largest absolute Gasteiger partial charge is 0.462 e. The second-order valence-electron chi connectivity index (χ2n) is 4.74. The SMILES string of the molecule is CCOC(=O)c1cnn(-c2cccc3nccnc23)c1C(F)(F)F. The summed E-state index contributed by atoms with van der Waals surface area (Å²) >= 11 is 0. The monoisotopic (exact) mass is 336 g/mol. The average Bonchev–Trinajstić information content (AvgIpc) is 3.00. The van der Waals surface area contributed by atoms with Gasteiger partial charge in [-0.3, -0.25) is 9.97 Å². The Hall–Kier alpha value is -2.97. The molecule has 24 heavy (non-hydrogen) atoms. The highest BCUT2D eigenvalue weighted by atomic mass is 19.4. The van der Waals surface area contributed by atoms with Crippen LogP contribution in [0.2, 0.25) is 0 Å². The second kappa shape index (κ2) is 5.91. The Balaban J connectivity index is 2.26. The number of aromatic nitrogens is 4. The molecule has 0 radical (unpaired) electrons. The van der Waals surface area contributed by atoms with Gasteiger partial charge in [0.05, 0.1) is 24.0 Å². The Kier molecular flexibility index (Phi) is 3.92. The summed E-state index contributed by atoms with van der Waals surface area (Å²) < 4.78 is 45.9. The van der Waals surface area contributed by atoms with Gasteiger partial charge >= 0.3 is 12.1 Å². The minimum atomic E-state index is -4.80. The summed E-state index contributed by atoms with van der Waals surface area (Å²) in [5.41, 5.74) is -1.13. The summed E-state index contributed by atoms with van der Waals surface area (Å²) in [5, 5.41) is 3.73. The number of halogens is 3. The molecule has 0 aliphatic carbocycles. The van der Waals surface area contributed by atoms with E-state index in [0.717, 1.165) is 6.20 Å². The van der Waals surface area contributed by atoms with E-state index >= 15 is 0 Å². The Morgan fingerprint density at radius 1 is 1.25 bits per heavy atom. The third-order valence-corrected chi connectivity index (χ3v) is 3.24. The molecule has 124 valence electrons. The first-order chi connectivity index (χ1) is 11.4. The molecule has 0 amide bonds. The van der Waals surface area contributed by atoms with Gasteiger partial charge in [-0.2, -0.15) is 18.3 Å². The van der Waals surface area contributed by atoms with Crippen molar-refractivity contribution in [1.82, 2.24) is 19.7 Å². The van der Waals surface area contributed by atoms with Gasteiger partial charge in [-0.1, -0.05) is 6.07 Å². The maximum Gasteiger partial charge on any atom is 0.434 e. The molecule has 3 aromatic rings. The first-order valence-electron chi connectivity index (χ1n) is 6.96. The van der Waals surface area contributed by atoms with Crippen molar-refractivity contribution in [2.75, 3.05) is 6.61 Å². The van der Waals surface area contributed by atoms with E-state index in [-0.39, 0.29) is 17.8 Å². The van der Waals surface area contributed by atoms with E-state index in [2.05, 4.69) is 19.8 Å². The third kappa shape index (κ3) is 2.68. The molecule has 6 nitrogen and oxygen atoms in total. The Labute approximate surface area is 133 Å². The predicted octanol–water partition coefficient (Wildman–Crippen LogP) is 3.01. The van der Waals surface area contributed by atoms with Gasteiger partial charge in [-0.25, -0.2) is 9.48 Å². The van der Waals surface area contributed by atoms with Crippen molar-refractivity contribution in [3.05, 3.63) is 48.0 Å². The number of fused-ring (bicyclic) bond motifs is 1. The molecule has 3 rings (SSSR count). The molecular weight excluding hydrogens is 325 g/mol. The van der Waals surface area contributed by atoms with Crippen molar-refractivity contribution in [1.29, 1.82) is 0 Å². The molecule has 0 saturated heterocycles. The molecule has 0 unspecified atom stereocenters. The molecule has 0 aliphatic rings. The normalized spacial score (nSPS) is 11.7. The Morgan fingerprint density at radius 2 is 2.00 bits per heavy atom. The molecule has 0 saturated carbocycles. The van der Waals surface area contributed by atoms with E-state index in [4.69, 9.17) is 0 Å². The van der Waals surface area contributed by atoms with E-state index < -0.39 is 23.4 Å². The van der Waals surface area contributed by atoms with Gasteiger partial charge in [0.2, 0.25) is 0 Å². The topological polar surface area (TPSA) is 69.9 Å². The second-order valence-corrected chi connectivity index (χ2v) is 4.74. The van der Waals surface area contributed by atoms with E-state index in [9.17, 15) is 18.0 Å². The van der Waals surface area contributed by atoms with E-state index in [1.54, 1.807) is 6.07 Å². The summed E-state index contributed by atoms with van der Waals surface area (Å²) in [7, 11) is 0. The number of esters is 1. The number of carbonyl (C=O) groups excluding carboxylic acids is 1. The summed E-state index contributed by atoms with van der Waals surface area (Å²) in [6.45, 7) is 1.47. The van der Waals surface area contributed by atoms with Crippen LogP contribution in [-0.4, -0.2) is 32.3 Å². The lowest BCUT2D eigenvalue weighted by molar-refractivity contribution is -0.143. The fraction of sp³-hybridized carbons (Fsp3) is 0.200. The van der Waals surface area contributed by atoms with Crippen LogP contribution < -0.4 is 0 Å². The fourth-order valence-corrected chi connectivity index (χ4v) is 2.31. The van der Waals surface area contributed by atoms with E-state index in [1.807, 2.05) is 0 Å². The van der Waals surface area contributed by atoms with Gasteiger partial charge in [-0.15, -0.1) is 0 Å². The van der Waals surface area contributed by atoms with Gasteiger partial charge in [-0.05, 0) is 19.1 Å². The first-order valence-corrected chi connectivity index (χ1v) is 6.96. The van der Waals surface area contributed by atoms with Crippen LogP contribution in [0.4, 0.5) is 13.2 Å². The van der Waals surface area contributed by atoms with Gasteiger partial charge in [0.15, 0.2) is 5.69 Å². The van der Waals surface area contributed by atoms with Crippen LogP contribution >= 0.6 is 0 Å². The minimum Gasteiger partial charge on any atom is -0.462 e. The number of rotatable bonds is 3. The number of hydrogen-bond donors (Lipinski definition) is 0. The number of hydrogen-bond acceptors (Lipinski definition) is 5. The number of benzene rings is 1. The predicted molar refractivity (Wildman–Crippen MR) is 77.6 cm³/mol. The third-order valence-electron chi connectivity index (χ3n) is 3.24. The van der Waals surface area contributed by atoms with Crippen LogP contribution in [0.1, 0.15) is 23.0 Å². The number of carbonyl (C=O) groups is 1. The smallest absolute Gasteiger partial charge is 0.434 e. The molecule has 0 spiro atoms. The number of ether oxygens (including phenoxy) is 1. The van der Waals surface area contributed by atoms with Crippen molar-refractivity contribution < 1.29 is 22.7 Å². The van der Waals surface area contributed by atoms with Crippen LogP contribution in [0, 0.1) is 0 Å². The quantitative estimate of drug-likeness (QED) is 0.688. The lowest BCUT2D eigenvalue weighted by atomic mass is 10.2. The van der Waals surface area contributed by atoms with Crippen LogP contribution in [0.5, 0.6) is 0 Å². The van der Waals surface area contributed by atoms with Crippen LogP contribution in [0.3, 0.4) is 0 Å². The fourth-order valence-electron chi connectivity index (χ4n) is 2.31. The molecule has 9 heteroatoms. The number of alkyl halides is 3. The van der Waals surface area contributed by atoms with Crippen molar-refractivity contribution in [2.24, 2.45) is 0 Å². The van der Waals surface area contributed by atoms with Crippen molar-refractivity contribution in [2.45, 2.75) is 13.1 Å². The molecule has 0 N–H and O–H groups in total. The zero-order valence-corrected chi connectivity index (χ0v) is 12.4. The highest BCUT2D eigenvalue weighted by molar-refractivity contribution is 5.91. The van der Waals surface area contributed by atoms with Crippen LogP contribution in [-0.2, 0) is 10.9 Å². The van der Waals surface area contributed by atoms with Gasteiger partial charge in [0.1, 0.15) is 11.1 Å². The first kappa shape index (κ1) is 15.9. The lowest BCUT2D eigenvalue weighted by Crippen LogP contribution is -2.18. The summed E-state index contributed by atoms with van der Waals surface area (Å²) in [6, 6.07) is 4.58. The van der Waals surface area contributed by atoms with Gasteiger partial charge < -0.3 is 4.74 Å². The highest BCUT2D eigenvalue weighted by Crippen LogP contribution is 2.35. The zero-order chi connectivity index (χ0) is 17.3. The maximum atomic E-state index is 13.5. The Bertz CT molecular complexity index is 900. The minimum absolute atomic E-state index is 0.0406. The average molecular weight is 336 g/mol. The van der Waals surface area contributed by atoms with Gasteiger partial charge in [0, 0.05) is 12.4 Å². The number of nitrogens with zero attached hydrogens (tertiary/aromatic N) is 4. The van der Waals surface area contributed by atoms with Crippen molar-refractivity contribution in [3.8, 4) is 5.69 Å². The molecule has 0 atom stereocenters. The molecule has 0 fully saturated rings. The molecule has 1 aromatic carbocycles. The van der Waals surface area contributed by atoms with Crippen LogP contribution in [0.25, 0.3) is 16.7 Å². The van der Waals surface area contributed by atoms with Crippen molar-refractivity contribution >= 4 is 17.0 Å². The molecule has 2 heterocycles. The van der Waals surface area contributed by atoms with Gasteiger partial charge in [0.25, 0.3) is 0 Å². The summed E-state index contributed by atoms with van der Waals surface area (Å²) in [4.78, 5) is 19.9. The zero-order valence-electron chi connectivity index (χ0n) is 12.4. The maximum absolute atomic E-state index is 13.5. The van der Waals surface area contributed by atoms with E-state index in [1.165, 1.54) is 31.5 Å². The standard InChI is InChI=1S/C15H11F3N4O2/c1-2-24-14(23)9-8-21-22(13(9)15(16,17)18)11-5-3-4-10-12(11)20-7-6-19-10/h3-8H,2H2,1H3. The molecule has 0 aliphatic heterocycles. The lowest BCUT2D eigenvalue weighted by Gasteiger charge is -2.13. The highest BCUT2D eigenvalue weighted by Gasteiger charge is 2.41. The molecule has 0 bridgehead atoms. The summed E-state index contributed by atoms with van der Waals surface area (Å²) in [5.74, 6) is -1.08. The van der Waals surface area contributed by atoms with Crippen molar-refractivity contribution in [3.63, 3.8) is 0 Å². The molecule has 2 aromatic heterocycles.